The Morgan fingerprint density at radius 3 is 2.82 bits per heavy atom. The predicted octanol–water partition coefficient (Wildman–Crippen LogP) is 1.73. The Morgan fingerprint density at radius 2 is 2.09 bits per heavy atom. The minimum absolute atomic E-state index is 0.0786. The van der Waals surface area contributed by atoms with Crippen molar-refractivity contribution in [2.75, 3.05) is 13.2 Å². The van der Waals surface area contributed by atoms with E-state index in [1.54, 1.807) is 24.5 Å². The van der Waals surface area contributed by atoms with Gasteiger partial charge in [0, 0.05) is 25.0 Å². The van der Waals surface area contributed by atoms with Crippen LogP contribution in [0.5, 0.6) is 5.75 Å². The molecule has 0 saturated heterocycles. The molecule has 2 rings (SSSR count). The number of ether oxygens (including phenoxy) is 1. The Kier molecular flexibility index (Phi) is 5.42. The van der Waals surface area contributed by atoms with Gasteiger partial charge in [-0.3, -0.25) is 19.9 Å². The fourth-order valence-corrected chi connectivity index (χ4v) is 1.82. The maximum atomic E-state index is 11.7. The zero-order valence-electron chi connectivity index (χ0n) is 11.8. The van der Waals surface area contributed by atoms with Crippen LogP contribution in [0.2, 0.25) is 0 Å². The second-order valence-corrected chi connectivity index (χ2v) is 4.47. The van der Waals surface area contributed by atoms with Crippen molar-refractivity contribution in [1.29, 1.82) is 0 Å². The van der Waals surface area contributed by atoms with Crippen LogP contribution < -0.4 is 10.1 Å². The highest BCUT2D eigenvalue weighted by molar-refractivity contribution is 5.77. The van der Waals surface area contributed by atoms with Crippen molar-refractivity contribution >= 4 is 11.6 Å². The highest BCUT2D eigenvalue weighted by Gasteiger charge is 2.14. The van der Waals surface area contributed by atoms with E-state index in [1.165, 1.54) is 12.1 Å². The largest absolute Gasteiger partial charge is 0.477 e. The van der Waals surface area contributed by atoms with Crippen molar-refractivity contribution in [3.8, 4) is 5.75 Å². The molecule has 7 heteroatoms. The van der Waals surface area contributed by atoms with Gasteiger partial charge in [-0.05, 0) is 24.1 Å². The summed E-state index contributed by atoms with van der Waals surface area (Å²) in [5.74, 6) is -0.253. The molecule has 0 saturated carbocycles. The monoisotopic (exact) mass is 301 g/mol. The van der Waals surface area contributed by atoms with Crippen LogP contribution in [-0.4, -0.2) is 29.0 Å². The summed E-state index contributed by atoms with van der Waals surface area (Å²) in [5, 5.41) is 13.5. The summed E-state index contributed by atoms with van der Waals surface area (Å²) in [6.45, 7) is 0.183. The van der Waals surface area contributed by atoms with Gasteiger partial charge in [-0.15, -0.1) is 0 Å². The summed E-state index contributed by atoms with van der Waals surface area (Å²) >= 11 is 0. The van der Waals surface area contributed by atoms with Gasteiger partial charge < -0.3 is 10.1 Å². The average molecular weight is 301 g/mol. The third kappa shape index (κ3) is 4.55. The van der Waals surface area contributed by atoms with E-state index in [1.807, 2.05) is 12.1 Å². The molecule has 0 aliphatic carbocycles. The van der Waals surface area contributed by atoms with Crippen LogP contribution in [0.15, 0.2) is 48.8 Å². The summed E-state index contributed by atoms with van der Waals surface area (Å²) in [6, 6.07) is 9.69. The van der Waals surface area contributed by atoms with Crippen LogP contribution in [0.4, 0.5) is 5.69 Å². The lowest BCUT2D eigenvalue weighted by molar-refractivity contribution is -0.385. The van der Waals surface area contributed by atoms with Crippen LogP contribution in [0, 0.1) is 10.1 Å². The number of hydrogen-bond acceptors (Lipinski definition) is 5. The van der Waals surface area contributed by atoms with Crippen molar-refractivity contribution in [2.45, 2.75) is 6.42 Å². The molecular formula is C15H15N3O4. The lowest BCUT2D eigenvalue weighted by Crippen LogP contribution is -2.30. The van der Waals surface area contributed by atoms with Crippen molar-refractivity contribution in [3.05, 3.63) is 64.5 Å². The third-order valence-corrected chi connectivity index (χ3v) is 2.88. The lowest BCUT2D eigenvalue weighted by Gasteiger charge is -2.07. The normalized spacial score (nSPS) is 10.0. The highest BCUT2D eigenvalue weighted by Crippen LogP contribution is 2.25. The predicted molar refractivity (Wildman–Crippen MR) is 79.5 cm³/mol. The molecule has 114 valence electrons. The number of nitrogens with zero attached hydrogens (tertiary/aromatic N) is 2. The summed E-state index contributed by atoms with van der Waals surface area (Å²) in [5.41, 5.74) is 0.855. The summed E-state index contributed by atoms with van der Waals surface area (Å²) in [6.07, 6.45) is 4.07. The van der Waals surface area contributed by atoms with Crippen LogP contribution >= 0.6 is 0 Å². The second kappa shape index (κ2) is 7.72. The van der Waals surface area contributed by atoms with Crippen LogP contribution in [0.3, 0.4) is 0 Å². The molecule has 0 fully saturated rings. The molecule has 0 atom stereocenters. The van der Waals surface area contributed by atoms with Gasteiger partial charge in [0.25, 0.3) is 5.91 Å². The first-order valence-electron chi connectivity index (χ1n) is 6.68. The Morgan fingerprint density at radius 1 is 1.27 bits per heavy atom. The van der Waals surface area contributed by atoms with E-state index in [0.29, 0.717) is 13.0 Å². The third-order valence-electron chi connectivity index (χ3n) is 2.88. The van der Waals surface area contributed by atoms with Gasteiger partial charge in [-0.1, -0.05) is 18.2 Å². The molecule has 7 nitrogen and oxygen atoms in total. The minimum atomic E-state index is -0.546. The number of hydrogen-bond donors (Lipinski definition) is 1. The summed E-state index contributed by atoms with van der Waals surface area (Å²) in [4.78, 5) is 25.9. The van der Waals surface area contributed by atoms with Crippen LogP contribution in [0.1, 0.15) is 5.56 Å². The molecule has 0 aliphatic rings. The summed E-state index contributed by atoms with van der Waals surface area (Å²) < 4.78 is 5.20. The van der Waals surface area contributed by atoms with Gasteiger partial charge in [0.05, 0.1) is 4.92 Å². The van der Waals surface area contributed by atoms with E-state index in [2.05, 4.69) is 10.3 Å². The fourth-order valence-electron chi connectivity index (χ4n) is 1.82. The quantitative estimate of drug-likeness (QED) is 0.620. The number of para-hydroxylation sites is 2. The van der Waals surface area contributed by atoms with E-state index in [4.69, 9.17) is 4.74 Å². The molecule has 2 aromatic rings. The number of carbonyl (C=O) groups is 1. The number of nitro groups is 1. The smallest absolute Gasteiger partial charge is 0.310 e. The van der Waals surface area contributed by atoms with E-state index < -0.39 is 4.92 Å². The topological polar surface area (TPSA) is 94.4 Å². The first kappa shape index (κ1) is 15.4. The SMILES string of the molecule is O=C(COc1ccccc1[N+](=O)[O-])NCCc1cccnc1. The molecule has 1 aromatic heterocycles. The molecule has 22 heavy (non-hydrogen) atoms. The minimum Gasteiger partial charge on any atom is -0.477 e. The molecule has 1 aromatic carbocycles. The second-order valence-electron chi connectivity index (χ2n) is 4.47. The number of aromatic nitrogens is 1. The van der Waals surface area contributed by atoms with Crippen molar-refractivity contribution < 1.29 is 14.5 Å². The molecule has 0 spiro atoms. The fraction of sp³-hybridized carbons (Fsp3) is 0.200. The number of nitrogens with one attached hydrogen (secondary N) is 1. The van der Waals surface area contributed by atoms with E-state index >= 15 is 0 Å². The van der Waals surface area contributed by atoms with E-state index in [0.717, 1.165) is 5.56 Å². The Hall–Kier alpha value is -2.96. The van der Waals surface area contributed by atoms with Gasteiger partial charge in [0.2, 0.25) is 0 Å². The van der Waals surface area contributed by atoms with Crippen LogP contribution in [-0.2, 0) is 11.2 Å². The van der Waals surface area contributed by atoms with E-state index in [-0.39, 0.29) is 24.0 Å². The molecule has 0 bridgehead atoms. The van der Waals surface area contributed by atoms with Gasteiger partial charge in [-0.25, -0.2) is 0 Å². The summed E-state index contributed by atoms with van der Waals surface area (Å²) in [7, 11) is 0. The maximum Gasteiger partial charge on any atom is 0.310 e. The standard InChI is InChI=1S/C15H15N3O4/c19-15(17-9-7-12-4-3-8-16-10-12)11-22-14-6-2-1-5-13(14)18(20)21/h1-6,8,10H,7,9,11H2,(H,17,19). The van der Waals surface area contributed by atoms with E-state index in [9.17, 15) is 14.9 Å². The number of rotatable bonds is 7. The number of carbonyl (C=O) groups excluding carboxylic acids is 1. The van der Waals surface area contributed by atoms with Gasteiger partial charge in [0.1, 0.15) is 0 Å². The first-order valence-corrected chi connectivity index (χ1v) is 6.68. The zero-order chi connectivity index (χ0) is 15.8. The number of nitro benzene ring substituents is 1. The number of pyridine rings is 1. The number of benzene rings is 1. The molecule has 0 unspecified atom stereocenters. The number of amides is 1. The Bertz CT molecular complexity index is 646. The van der Waals surface area contributed by atoms with Gasteiger partial charge in [-0.2, -0.15) is 0 Å². The molecule has 1 heterocycles. The lowest BCUT2D eigenvalue weighted by atomic mass is 10.2. The van der Waals surface area contributed by atoms with Gasteiger partial charge in [0.15, 0.2) is 12.4 Å². The van der Waals surface area contributed by atoms with Crippen molar-refractivity contribution in [1.82, 2.24) is 10.3 Å². The Labute approximate surface area is 127 Å². The molecule has 1 amide bonds. The average Bonchev–Trinajstić information content (AvgIpc) is 2.54. The Balaban J connectivity index is 1.77. The van der Waals surface area contributed by atoms with Crippen molar-refractivity contribution in [2.24, 2.45) is 0 Å². The molecule has 0 aliphatic heterocycles. The first-order chi connectivity index (χ1) is 10.7. The highest BCUT2D eigenvalue weighted by atomic mass is 16.6. The molecular weight excluding hydrogens is 286 g/mol. The molecule has 0 radical (unpaired) electrons. The van der Waals surface area contributed by atoms with Crippen LogP contribution in [0.25, 0.3) is 0 Å². The van der Waals surface area contributed by atoms with Gasteiger partial charge >= 0.3 is 5.69 Å². The van der Waals surface area contributed by atoms with Crippen molar-refractivity contribution in [3.63, 3.8) is 0 Å². The zero-order valence-corrected chi connectivity index (χ0v) is 11.8. The maximum absolute atomic E-state index is 11.7. The molecule has 1 N–H and O–H groups in total.